The first-order valence-corrected chi connectivity index (χ1v) is 10.3. The maximum atomic E-state index is 12.9. The van der Waals surface area contributed by atoms with Crippen LogP contribution in [0.15, 0.2) is 23.0 Å². The SMILES string of the molecule is Cc1ccc(NC(=O)C2CCCC2)c(NC(=O)C2CCc3nn(C)c(=O)n3C2)c1. The van der Waals surface area contributed by atoms with Gasteiger partial charge in [-0.2, -0.15) is 5.10 Å². The van der Waals surface area contributed by atoms with Crippen LogP contribution in [0.2, 0.25) is 0 Å². The largest absolute Gasteiger partial charge is 0.345 e. The molecule has 0 spiro atoms. The fraction of sp³-hybridized carbons (Fsp3) is 0.524. The van der Waals surface area contributed by atoms with Crippen LogP contribution in [-0.4, -0.2) is 26.2 Å². The van der Waals surface area contributed by atoms with E-state index in [0.717, 1.165) is 37.1 Å². The van der Waals surface area contributed by atoms with Gasteiger partial charge in [-0.05, 0) is 43.9 Å². The third-order valence-corrected chi connectivity index (χ3v) is 5.99. The summed E-state index contributed by atoms with van der Waals surface area (Å²) in [4.78, 5) is 37.6. The number of nitrogens with zero attached hydrogens (tertiary/aromatic N) is 3. The third kappa shape index (κ3) is 3.97. The Morgan fingerprint density at radius 1 is 1.03 bits per heavy atom. The molecule has 2 heterocycles. The molecular weight excluding hydrogens is 370 g/mol. The summed E-state index contributed by atoms with van der Waals surface area (Å²) < 4.78 is 2.89. The molecule has 0 radical (unpaired) electrons. The Morgan fingerprint density at radius 2 is 1.72 bits per heavy atom. The molecule has 8 heteroatoms. The summed E-state index contributed by atoms with van der Waals surface area (Å²) in [6.45, 7) is 2.27. The molecule has 2 aromatic rings. The number of hydrogen-bond acceptors (Lipinski definition) is 4. The summed E-state index contributed by atoms with van der Waals surface area (Å²) >= 11 is 0. The van der Waals surface area contributed by atoms with Gasteiger partial charge in [0.1, 0.15) is 5.82 Å². The molecule has 2 N–H and O–H groups in total. The Balaban J connectivity index is 1.49. The van der Waals surface area contributed by atoms with Crippen LogP contribution in [0.5, 0.6) is 0 Å². The van der Waals surface area contributed by atoms with E-state index in [-0.39, 0.29) is 29.3 Å². The fourth-order valence-electron chi connectivity index (χ4n) is 4.28. The number of aryl methyl sites for hydroxylation is 3. The molecule has 29 heavy (non-hydrogen) atoms. The topological polar surface area (TPSA) is 98.0 Å². The van der Waals surface area contributed by atoms with Gasteiger partial charge in [-0.15, -0.1) is 0 Å². The van der Waals surface area contributed by atoms with E-state index >= 15 is 0 Å². The van der Waals surface area contributed by atoms with Crippen LogP contribution in [0.1, 0.15) is 43.5 Å². The van der Waals surface area contributed by atoms with Gasteiger partial charge in [0.2, 0.25) is 11.8 Å². The number of carbonyl (C=O) groups is 2. The van der Waals surface area contributed by atoms with Gasteiger partial charge in [0.05, 0.1) is 17.3 Å². The van der Waals surface area contributed by atoms with Crippen molar-refractivity contribution >= 4 is 23.2 Å². The number of benzene rings is 1. The monoisotopic (exact) mass is 397 g/mol. The molecule has 1 fully saturated rings. The van der Waals surface area contributed by atoms with Crippen LogP contribution in [0.4, 0.5) is 11.4 Å². The zero-order chi connectivity index (χ0) is 20.5. The summed E-state index contributed by atoms with van der Waals surface area (Å²) in [5.74, 6) is 0.332. The lowest BCUT2D eigenvalue weighted by Crippen LogP contribution is -2.35. The van der Waals surface area contributed by atoms with E-state index in [1.807, 2.05) is 25.1 Å². The third-order valence-electron chi connectivity index (χ3n) is 5.99. The van der Waals surface area contributed by atoms with E-state index in [9.17, 15) is 14.4 Å². The minimum absolute atomic E-state index is 0.0195. The van der Waals surface area contributed by atoms with Gasteiger partial charge in [-0.25, -0.2) is 9.48 Å². The first-order chi connectivity index (χ1) is 13.9. The van der Waals surface area contributed by atoms with Crippen LogP contribution in [0.3, 0.4) is 0 Å². The lowest BCUT2D eigenvalue weighted by molar-refractivity contribution is -0.121. The lowest BCUT2D eigenvalue weighted by Gasteiger charge is -2.23. The number of amides is 2. The van der Waals surface area contributed by atoms with Crippen LogP contribution in [0.25, 0.3) is 0 Å². The minimum atomic E-state index is -0.316. The van der Waals surface area contributed by atoms with Crippen molar-refractivity contribution < 1.29 is 9.59 Å². The average Bonchev–Trinajstić information content (AvgIpc) is 3.33. The van der Waals surface area contributed by atoms with Crippen molar-refractivity contribution in [3.63, 3.8) is 0 Å². The maximum Gasteiger partial charge on any atom is 0.345 e. The molecule has 2 aliphatic rings. The Bertz CT molecular complexity index is 1000. The predicted octanol–water partition coefficient (Wildman–Crippen LogP) is 2.22. The van der Waals surface area contributed by atoms with Crippen molar-refractivity contribution in [2.24, 2.45) is 18.9 Å². The Hall–Kier alpha value is -2.90. The van der Waals surface area contributed by atoms with Gasteiger partial charge in [0.25, 0.3) is 0 Å². The van der Waals surface area contributed by atoms with Crippen LogP contribution in [0, 0.1) is 18.8 Å². The first-order valence-electron chi connectivity index (χ1n) is 10.3. The molecular formula is C21H27N5O3. The molecule has 1 unspecified atom stereocenters. The first kappa shape index (κ1) is 19.4. The Labute approximate surface area is 169 Å². The molecule has 1 atom stereocenters. The van der Waals surface area contributed by atoms with Crippen LogP contribution < -0.4 is 16.3 Å². The summed E-state index contributed by atoms with van der Waals surface area (Å²) in [6, 6.07) is 5.62. The average molecular weight is 397 g/mol. The zero-order valence-corrected chi connectivity index (χ0v) is 16.9. The van der Waals surface area contributed by atoms with E-state index in [4.69, 9.17) is 0 Å². The molecule has 2 amide bonds. The second-order valence-electron chi connectivity index (χ2n) is 8.18. The van der Waals surface area contributed by atoms with E-state index in [2.05, 4.69) is 15.7 Å². The number of anilines is 2. The molecule has 0 saturated heterocycles. The van der Waals surface area contributed by atoms with Gasteiger partial charge >= 0.3 is 5.69 Å². The molecule has 1 aromatic carbocycles. The minimum Gasteiger partial charge on any atom is -0.324 e. The fourth-order valence-corrected chi connectivity index (χ4v) is 4.28. The number of fused-ring (bicyclic) bond motifs is 1. The zero-order valence-electron chi connectivity index (χ0n) is 16.9. The van der Waals surface area contributed by atoms with Crippen LogP contribution >= 0.6 is 0 Å². The number of aromatic nitrogens is 3. The van der Waals surface area contributed by atoms with E-state index in [1.165, 1.54) is 4.68 Å². The highest BCUT2D eigenvalue weighted by atomic mass is 16.2. The second-order valence-corrected chi connectivity index (χ2v) is 8.18. The number of carbonyl (C=O) groups excluding carboxylic acids is 2. The van der Waals surface area contributed by atoms with Crippen molar-refractivity contribution in [3.8, 4) is 0 Å². The van der Waals surface area contributed by atoms with Crippen molar-refractivity contribution in [3.05, 3.63) is 40.1 Å². The maximum absolute atomic E-state index is 12.9. The number of nitrogens with one attached hydrogen (secondary N) is 2. The second kappa shape index (κ2) is 7.85. The molecule has 154 valence electrons. The molecule has 1 aliphatic heterocycles. The van der Waals surface area contributed by atoms with Crippen LogP contribution in [-0.2, 0) is 29.6 Å². The molecule has 0 bridgehead atoms. The summed E-state index contributed by atoms with van der Waals surface area (Å²) in [5, 5.41) is 10.2. The van der Waals surface area contributed by atoms with E-state index < -0.39 is 0 Å². The molecule has 4 rings (SSSR count). The van der Waals surface area contributed by atoms with E-state index in [0.29, 0.717) is 30.8 Å². The summed E-state index contributed by atoms with van der Waals surface area (Å²) in [7, 11) is 1.62. The predicted molar refractivity (Wildman–Crippen MR) is 110 cm³/mol. The summed E-state index contributed by atoms with van der Waals surface area (Å²) in [5.41, 5.74) is 2.02. The highest BCUT2D eigenvalue weighted by molar-refractivity contribution is 6.01. The van der Waals surface area contributed by atoms with Gasteiger partial charge in [-0.1, -0.05) is 18.9 Å². The van der Waals surface area contributed by atoms with E-state index in [1.54, 1.807) is 11.6 Å². The van der Waals surface area contributed by atoms with Crippen molar-refractivity contribution in [2.75, 3.05) is 10.6 Å². The smallest absolute Gasteiger partial charge is 0.324 e. The summed E-state index contributed by atoms with van der Waals surface area (Å²) in [6.07, 6.45) is 5.25. The molecule has 1 saturated carbocycles. The van der Waals surface area contributed by atoms with Gasteiger partial charge in [0.15, 0.2) is 0 Å². The van der Waals surface area contributed by atoms with Crippen molar-refractivity contribution in [1.82, 2.24) is 14.3 Å². The lowest BCUT2D eigenvalue weighted by atomic mass is 9.98. The van der Waals surface area contributed by atoms with Gasteiger partial charge in [0, 0.05) is 25.9 Å². The normalized spacial score (nSPS) is 19.0. The molecule has 1 aliphatic carbocycles. The number of hydrogen-bond donors (Lipinski definition) is 2. The van der Waals surface area contributed by atoms with Gasteiger partial charge in [-0.3, -0.25) is 14.2 Å². The number of rotatable bonds is 4. The van der Waals surface area contributed by atoms with Gasteiger partial charge < -0.3 is 10.6 Å². The van der Waals surface area contributed by atoms with Crippen molar-refractivity contribution in [1.29, 1.82) is 0 Å². The quantitative estimate of drug-likeness (QED) is 0.826. The molecule has 8 nitrogen and oxygen atoms in total. The standard InChI is InChI=1S/C21H27N5O3/c1-13-7-9-16(22-19(27)14-5-3-4-6-14)17(11-13)23-20(28)15-8-10-18-24-25(2)21(29)26(18)12-15/h7,9,11,14-15H,3-6,8,10,12H2,1-2H3,(H,22,27)(H,23,28). The highest BCUT2D eigenvalue weighted by Crippen LogP contribution is 2.29. The van der Waals surface area contributed by atoms with Crippen molar-refractivity contribution in [2.45, 2.75) is 52.0 Å². The Morgan fingerprint density at radius 3 is 2.48 bits per heavy atom. The Kier molecular flexibility index (Phi) is 5.25. The molecule has 1 aromatic heterocycles. The highest BCUT2D eigenvalue weighted by Gasteiger charge is 2.29.